The van der Waals surface area contributed by atoms with E-state index in [2.05, 4.69) is 6.07 Å². The highest BCUT2D eigenvalue weighted by molar-refractivity contribution is 5.98. The van der Waals surface area contributed by atoms with Crippen molar-refractivity contribution in [3.63, 3.8) is 0 Å². The average molecular weight is 249 g/mol. The lowest BCUT2D eigenvalue weighted by Gasteiger charge is -2.08. The topological polar surface area (TPSA) is 22.0 Å². The van der Waals surface area contributed by atoms with Crippen molar-refractivity contribution in [1.29, 1.82) is 0 Å². The van der Waals surface area contributed by atoms with Crippen LogP contribution in [0.4, 0.5) is 0 Å². The Balaban J connectivity index is 2.32. The molecule has 0 N–H and O–H groups in total. The molecule has 2 aromatic carbocycles. The number of para-hydroxylation sites is 1. The summed E-state index contributed by atoms with van der Waals surface area (Å²) in [5.41, 5.74) is 3.02. The Morgan fingerprint density at radius 2 is 1.68 bits per heavy atom. The van der Waals surface area contributed by atoms with Crippen molar-refractivity contribution in [1.82, 2.24) is 4.57 Å². The maximum Gasteiger partial charge on any atom is 0.231 e. The lowest BCUT2D eigenvalue weighted by molar-refractivity contribution is 0.0916. The molecular formula is C17H15NO. The Labute approximate surface area is 112 Å². The molecule has 0 saturated heterocycles. The predicted octanol–water partition coefficient (Wildman–Crippen LogP) is 4.36. The van der Waals surface area contributed by atoms with E-state index in [1.807, 2.05) is 66.1 Å². The summed E-state index contributed by atoms with van der Waals surface area (Å²) in [5, 5.41) is 1.10. The van der Waals surface area contributed by atoms with Gasteiger partial charge in [-0.3, -0.25) is 9.36 Å². The fourth-order valence-corrected chi connectivity index (χ4v) is 2.40. The van der Waals surface area contributed by atoms with Crippen LogP contribution in [0.25, 0.3) is 22.2 Å². The van der Waals surface area contributed by atoms with E-state index >= 15 is 0 Å². The Bertz CT molecular complexity index is 725. The molecule has 0 aliphatic rings. The minimum absolute atomic E-state index is 0.125. The third-order valence-corrected chi connectivity index (χ3v) is 3.33. The van der Waals surface area contributed by atoms with Crippen LogP contribution >= 0.6 is 0 Å². The fourth-order valence-electron chi connectivity index (χ4n) is 2.40. The number of hydrogen-bond donors (Lipinski definition) is 0. The molecule has 2 heteroatoms. The second kappa shape index (κ2) is 4.73. The predicted molar refractivity (Wildman–Crippen MR) is 78.3 cm³/mol. The molecular weight excluding hydrogens is 234 g/mol. The first-order valence-corrected chi connectivity index (χ1v) is 6.50. The van der Waals surface area contributed by atoms with Crippen LogP contribution in [0.5, 0.6) is 0 Å². The Morgan fingerprint density at radius 3 is 2.42 bits per heavy atom. The van der Waals surface area contributed by atoms with E-state index in [0.29, 0.717) is 6.42 Å². The number of carbonyl (C=O) groups excluding carboxylic acids is 1. The third kappa shape index (κ3) is 1.95. The van der Waals surface area contributed by atoms with Gasteiger partial charge in [0.05, 0.1) is 11.2 Å². The molecule has 19 heavy (non-hydrogen) atoms. The van der Waals surface area contributed by atoms with Crippen molar-refractivity contribution < 1.29 is 4.79 Å². The van der Waals surface area contributed by atoms with Gasteiger partial charge in [-0.1, -0.05) is 55.5 Å². The summed E-state index contributed by atoms with van der Waals surface area (Å²) < 4.78 is 1.82. The zero-order valence-electron chi connectivity index (χ0n) is 10.8. The number of nitrogens with zero attached hydrogens (tertiary/aromatic N) is 1. The highest BCUT2D eigenvalue weighted by atomic mass is 16.2. The Hall–Kier alpha value is -2.35. The number of aromatic nitrogens is 1. The van der Waals surface area contributed by atoms with E-state index in [1.54, 1.807) is 0 Å². The zero-order chi connectivity index (χ0) is 13.2. The minimum Gasteiger partial charge on any atom is -0.280 e. The van der Waals surface area contributed by atoms with Crippen LogP contribution in [-0.2, 0) is 0 Å². The van der Waals surface area contributed by atoms with E-state index in [9.17, 15) is 4.79 Å². The number of fused-ring (bicyclic) bond motifs is 1. The van der Waals surface area contributed by atoms with Crippen LogP contribution in [0.3, 0.4) is 0 Å². The Kier molecular flexibility index (Phi) is 2.92. The van der Waals surface area contributed by atoms with Crippen LogP contribution in [-0.4, -0.2) is 10.5 Å². The normalized spacial score (nSPS) is 10.8. The maximum absolute atomic E-state index is 12.2. The van der Waals surface area contributed by atoms with Crippen molar-refractivity contribution in [3.05, 3.63) is 60.7 Å². The monoisotopic (exact) mass is 249 g/mol. The fraction of sp³-hybridized carbons (Fsp3) is 0.118. The van der Waals surface area contributed by atoms with Crippen molar-refractivity contribution in [2.75, 3.05) is 0 Å². The highest BCUT2D eigenvalue weighted by Crippen LogP contribution is 2.28. The second-order valence-electron chi connectivity index (χ2n) is 4.54. The average Bonchev–Trinajstić information content (AvgIpc) is 2.87. The first-order chi connectivity index (χ1) is 9.31. The quantitative estimate of drug-likeness (QED) is 0.661. The molecule has 0 fully saturated rings. The summed E-state index contributed by atoms with van der Waals surface area (Å²) in [6.07, 6.45) is 0.499. The van der Waals surface area contributed by atoms with E-state index in [-0.39, 0.29) is 5.91 Å². The van der Waals surface area contributed by atoms with Gasteiger partial charge in [-0.25, -0.2) is 0 Å². The third-order valence-electron chi connectivity index (χ3n) is 3.33. The lowest BCUT2D eigenvalue weighted by Crippen LogP contribution is -2.09. The molecule has 94 valence electrons. The molecule has 0 bridgehead atoms. The number of benzene rings is 2. The number of hydrogen-bond acceptors (Lipinski definition) is 1. The SMILES string of the molecule is CCC(=O)n1c(-c2ccccc2)cc2ccccc21. The highest BCUT2D eigenvalue weighted by Gasteiger charge is 2.14. The van der Waals surface area contributed by atoms with Crippen molar-refractivity contribution in [3.8, 4) is 11.3 Å². The van der Waals surface area contributed by atoms with Gasteiger partial charge in [0.25, 0.3) is 0 Å². The summed E-state index contributed by atoms with van der Waals surface area (Å²) in [5.74, 6) is 0.125. The van der Waals surface area contributed by atoms with Crippen LogP contribution in [0.15, 0.2) is 60.7 Å². The molecule has 2 nitrogen and oxygen atoms in total. The van der Waals surface area contributed by atoms with Crippen molar-refractivity contribution >= 4 is 16.8 Å². The van der Waals surface area contributed by atoms with Gasteiger partial charge in [-0.2, -0.15) is 0 Å². The van der Waals surface area contributed by atoms with E-state index in [1.165, 1.54) is 0 Å². The van der Waals surface area contributed by atoms with Gasteiger partial charge in [0.1, 0.15) is 0 Å². The molecule has 0 saturated carbocycles. The van der Waals surface area contributed by atoms with Gasteiger partial charge in [0.15, 0.2) is 0 Å². The van der Waals surface area contributed by atoms with Crippen LogP contribution in [0, 0.1) is 0 Å². The van der Waals surface area contributed by atoms with Crippen LogP contribution in [0.2, 0.25) is 0 Å². The molecule has 0 spiro atoms. The molecule has 0 amide bonds. The van der Waals surface area contributed by atoms with Crippen LogP contribution < -0.4 is 0 Å². The molecule has 1 aromatic heterocycles. The van der Waals surface area contributed by atoms with Gasteiger partial charge in [-0.15, -0.1) is 0 Å². The second-order valence-corrected chi connectivity index (χ2v) is 4.54. The first-order valence-electron chi connectivity index (χ1n) is 6.50. The molecule has 0 unspecified atom stereocenters. The summed E-state index contributed by atoms with van der Waals surface area (Å²) in [4.78, 5) is 12.2. The van der Waals surface area contributed by atoms with Crippen molar-refractivity contribution in [2.45, 2.75) is 13.3 Å². The number of carbonyl (C=O) groups is 1. The molecule has 3 aromatic rings. The first kappa shape index (κ1) is 11.7. The number of rotatable bonds is 2. The van der Waals surface area contributed by atoms with Gasteiger partial charge >= 0.3 is 0 Å². The van der Waals surface area contributed by atoms with Gasteiger partial charge in [-0.05, 0) is 17.7 Å². The van der Waals surface area contributed by atoms with Crippen LogP contribution in [0.1, 0.15) is 18.1 Å². The molecule has 3 rings (SSSR count). The lowest BCUT2D eigenvalue weighted by atomic mass is 10.1. The van der Waals surface area contributed by atoms with E-state index in [4.69, 9.17) is 0 Å². The van der Waals surface area contributed by atoms with Gasteiger partial charge in [0.2, 0.25) is 5.91 Å². The Morgan fingerprint density at radius 1 is 1.00 bits per heavy atom. The van der Waals surface area contributed by atoms with Gasteiger partial charge in [0, 0.05) is 11.8 Å². The van der Waals surface area contributed by atoms with Crippen molar-refractivity contribution in [2.24, 2.45) is 0 Å². The largest absolute Gasteiger partial charge is 0.280 e. The molecule has 0 atom stereocenters. The zero-order valence-corrected chi connectivity index (χ0v) is 10.8. The van der Waals surface area contributed by atoms with Gasteiger partial charge < -0.3 is 0 Å². The molecule has 0 aliphatic heterocycles. The molecule has 0 radical (unpaired) electrons. The standard InChI is InChI=1S/C17H15NO/c1-2-17(19)18-15-11-7-6-10-14(15)12-16(18)13-8-4-3-5-9-13/h3-12H,2H2,1H3. The smallest absolute Gasteiger partial charge is 0.231 e. The summed E-state index contributed by atoms with van der Waals surface area (Å²) in [7, 11) is 0. The summed E-state index contributed by atoms with van der Waals surface area (Å²) in [6, 6.07) is 20.1. The van der Waals surface area contributed by atoms with E-state index in [0.717, 1.165) is 22.2 Å². The molecule has 0 aliphatic carbocycles. The maximum atomic E-state index is 12.2. The summed E-state index contributed by atoms with van der Waals surface area (Å²) in [6.45, 7) is 1.89. The minimum atomic E-state index is 0.125. The van der Waals surface area contributed by atoms with E-state index < -0.39 is 0 Å². The summed E-state index contributed by atoms with van der Waals surface area (Å²) >= 11 is 0. The molecule has 1 heterocycles.